The van der Waals surface area contributed by atoms with Gasteiger partial charge in [0, 0.05) is 25.5 Å². The van der Waals surface area contributed by atoms with Gasteiger partial charge in [0.25, 0.3) is 0 Å². The van der Waals surface area contributed by atoms with E-state index in [1.54, 1.807) is 40.0 Å². The van der Waals surface area contributed by atoms with Crippen molar-refractivity contribution in [3.05, 3.63) is 23.9 Å². The molecule has 2 aromatic rings. The molecule has 2 heterocycles. The quantitative estimate of drug-likeness (QED) is 0.236. The molecular formula is C31H40N4O8. The van der Waals surface area contributed by atoms with Crippen LogP contribution >= 0.6 is 0 Å². The molecule has 2 fully saturated rings. The van der Waals surface area contributed by atoms with Crippen molar-refractivity contribution in [1.82, 2.24) is 20.2 Å². The lowest BCUT2D eigenvalue weighted by atomic mass is 9.87. The van der Waals surface area contributed by atoms with E-state index in [4.69, 9.17) is 28.9 Å². The Labute approximate surface area is 251 Å². The van der Waals surface area contributed by atoms with Gasteiger partial charge in [0.2, 0.25) is 5.88 Å². The molecule has 12 heteroatoms. The Bertz CT molecular complexity index is 1410. The van der Waals surface area contributed by atoms with Gasteiger partial charge in [-0.3, -0.25) is 9.69 Å². The van der Waals surface area contributed by atoms with Gasteiger partial charge in [0.15, 0.2) is 5.69 Å². The summed E-state index contributed by atoms with van der Waals surface area (Å²) >= 11 is 0. The monoisotopic (exact) mass is 596 g/mol. The number of nitrogens with zero attached hydrogens (tertiary/aromatic N) is 3. The van der Waals surface area contributed by atoms with Gasteiger partial charge in [-0.25, -0.2) is 19.6 Å². The van der Waals surface area contributed by atoms with E-state index in [9.17, 15) is 19.5 Å². The van der Waals surface area contributed by atoms with Crippen molar-refractivity contribution in [2.45, 2.75) is 77.2 Å². The molecule has 2 N–H and O–H groups in total. The summed E-state index contributed by atoms with van der Waals surface area (Å²) in [4.78, 5) is 47.1. The smallest absolute Gasteiger partial charge is 0.408 e. The summed E-state index contributed by atoms with van der Waals surface area (Å²) in [5.74, 6) is 6.05. The largest absolute Gasteiger partial charge is 0.497 e. The Balaban J connectivity index is 1.35. The van der Waals surface area contributed by atoms with Gasteiger partial charge in [-0.05, 0) is 55.7 Å². The molecule has 232 valence electrons. The minimum absolute atomic E-state index is 0.218. The van der Waals surface area contributed by atoms with Crippen LogP contribution in [0.2, 0.25) is 0 Å². The van der Waals surface area contributed by atoms with E-state index in [0.717, 1.165) is 19.3 Å². The number of aromatic nitrogens is 2. The Morgan fingerprint density at radius 1 is 1.16 bits per heavy atom. The lowest BCUT2D eigenvalue weighted by Gasteiger charge is -2.27. The van der Waals surface area contributed by atoms with Crippen LogP contribution in [-0.2, 0) is 19.1 Å². The average molecular weight is 597 g/mol. The van der Waals surface area contributed by atoms with Crippen LogP contribution in [0.5, 0.6) is 11.6 Å². The lowest BCUT2D eigenvalue weighted by Crippen LogP contribution is -2.49. The van der Waals surface area contributed by atoms with E-state index in [1.807, 2.05) is 18.0 Å². The number of hydrogen-bond donors (Lipinski definition) is 2. The number of carboxylic acids is 1. The van der Waals surface area contributed by atoms with Crippen molar-refractivity contribution < 1.29 is 38.4 Å². The first kappa shape index (κ1) is 31.8. The number of carbonyl (C=O) groups is 3. The molecule has 1 saturated carbocycles. The average Bonchev–Trinajstić information content (AvgIpc) is 3.58. The maximum Gasteiger partial charge on any atom is 0.408 e. The van der Waals surface area contributed by atoms with Crippen LogP contribution in [0.15, 0.2) is 18.2 Å². The molecule has 43 heavy (non-hydrogen) atoms. The molecular weight excluding hydrogens is 556 g/mol. The topological polar surface area (TPSA) is 149 Å². The number of likely N-dealkylation sites (N-methyl/N-ethyl adjacent to an activating group) is 1. The Hall–Kier alpha value is -4.11. The van der Waals surface area contributed by atoms with Crippen LogP contribution in [-0.4, -0.2) is 90.1 Å². The molecule has 0 unspecified atom stereocenters. The lowest BCUT2D eigenvalue weighted by molar-refractivity contribution is -0.145. The van der Waals surface area contributed by atoms with Crippen molar-refractivity contribution in [3.63, 3.8) is 0 Å². The van der Waals surface area contributed by atoms with Crippen molar-refractivity contribution in [2.75, 3.05) is 27.8 Å². The highest BCUT2D eigenvalue weighted by atomic mass is 16.6. The van der Waals surface area contributed by atoms with Crippen LogP contribution in [0, 0.1) is 23.2 Å². The number of likely N-dealkylation sites (tertiary alicyclic amines) is 1. The maximum atomic E-state index is 12.2. The van der Waals surface area contributed by atoms with Crippen LogP contribution in [0.4, 0.5) is 4.79 Å². The summed E-state index contributed by atoms with van der Waals surface area (Å²) in [7, 11) is 4.81. The van der Waals surface area contributed by atoms with Gasteiger partial charge in [-0.15, -0.1) is 0 Å². The first-order chi connectivity index (χ1) is 20.4. The molecule has 5 atom stereocenters. The van der Waals surface area contributed by atoms with Crippen molar-refractivity contribution in [2.24, 2.45) is 11.3 Å². The summed E-state index contributed by atoms with van der Waals surface area (Å²) in [5.41, 5.74) is 1.04. The predicted molar refractivity (Wildman–Crippen MR) is 157 cm³/mol. The number of hydrogen-bond acceptors (Lipinski definition) is 10. The van der Waals surface area contributed by atoms with Crippen LogP contribution in [0.25, 0.3) is 11.0 Å². The number of amides is 1. The second-order valence-corrected chi connectivity index (χ2v) is 12.1. The number of aliphatic carboxylic acids is 1. The molecule has 2 aliphatic rings. The highest BCUT2D eigenvalue weighted by Gasteiger charge is 2.41. The zero-order chi connectivity index (χ0) is 31.3. The van der Waals surface area contributed by atoms with Crippen molar-refractivity contribution >= 4 is 29.1 Å². The standard InChI is InChI=1S/C31H40N4O8/c1-31(2,3)26(28(36)37)34-30(39)43-25-14-18(25)10-8-7-9-11-22-27(33-23-15-19(40-5)12-13-21(23)32-22)42-20-16-24(29(38)41-6)35(4)17-20/h12-13,15,18,20,24-26H,7-8,10,14,16-17H2,1-6H3,(H,34,39)(H,36,37)/t18-,20-,24+,25-,26-/m1/s1. The summed E-state index contributed by atoms with van der Waals surface area (Å²) in [6.45, 7) is 5.77. The molecule has 1 aromatic carbocycles. The van der Waals surface area contributed by atoms with Gasteiger partial charge >= 0.3 is 18.0 Å². The molecule has 1 amide bonds. The van der Waals surface area contributed by atoms with E-state index in [0.29, 0.717) is 47.7 Å². The number of nitrogens with one attached hydrogen (secondary N) is 1. The normalized spacial score (nSPS) is 22.2. The fourth-order valence-corrected chi connectivity index (χ4v) is 5.12. The van der Waals surface area contributed by atoms with Crippen molar-refractivity contribution in [3.8, 4) is 23.5 Å². The van der Waals surface area contributed by atoms with Crippen molar-refractivity contribution in [1.29, 1.82) is 0 Å². The third-order valence-electron chi connectivity index (χ3n) is 7.68. The van der Waals surface area contributed by atoms with Crippen LogP contribution in [0.1, 0.15) is 58.6 Å². The zero-order valence-corrected chi connectivity index (χ0v) is 25.5. The molecule has 1 aromatic heterocycles. The molecule has 1 saturated heterocycles. The number of fused-ring (bicyclic) bond motifs is 1. The molecule has 12 nitrogen and oxygen atoms in total. The fraction of sp³-hybridized carbons (Fsp3) is 0.581. The van der Waals surface area contributed by atoms with E-state index in [1.165, 1.54) is 7.11 Å². The molecule has 0 bridgehead atoms. The Kier molecular flexibility index (Phi) is 9.96. The molecule has 0 spiro atoms. The van der Waals surface area contributed by atoms with Gasteiger partial charge in [-0.2, -0.15) is 0 Å². The van der Waals surface area contributed by atoms with E-state index < -0.39 is 29.6 Å². The molecule has 1 aliphatic heterocycles. The number of carboxylic acid groups (broad SMARTS) is 1. The number of alkyl carbamates (subject to hydrolysis) is 1. The maximum absolute atomic E-state index is 12.2. The number of carbonyl (C=O) groups excluding carboxylic acids is 2. The second kappa shape index (κ2) is 13.5. The van der Waals surface area contributed by atoms with Gasteiger partial charge < -0.3 is 29.4 Å². The summed E-state index contributed by atoms with van der Waals surface area (Å²) in [5, 5.41) is 11.9. The van der Waals surface area contributed by atoms with E-state index in [-0.39, 0.29) is 24.1 Å². The molecule has 4 rings (SSSR count). The van der Waals surface area contributed by atoms with Gasteiger partial charge in [0.05, 0.1) is 25.3 Å². The summed E-state index contributed by atoms with van der Waals surface area (Å²) in [6.07, 6.45) is 2.21. The van der Waals surface area contributed by atoms with E-state index in [2.05, 4.69) is 17.2 Å². The third-order valence-corrected chi connectivity index (χ3v) is 7.68. The zero-order valence-electron chi connectivity index (χ0n) is 25.5. The predicted octanol–water partition coefficient (Wildman–Crippen LogP) is 3.40. The molecule has 1 aliphatic carbocycles. The second-order valence-electron chi connectivity index (χ2n) is 12.1. The van der Waals surface area contributed by atoms with Gasteiger partial charge in [-0.1, -0.05) is 26.7 Å². The first-order valence-electron chi connectivity index (χ1n) is 14.4. The van der Waals surface area contributed by atoms with Gasteiger partial charge in [0.1, 0.15) is 30.0 Å². The highest BCUT2D eigenvalue weighted by molar-refractivity contribution is 5.81. The van der Waals surface area contributed by atoms with Crippen LogP contribution in [0.3, 0.4) is 0 Å². The summed E-state index contributed by atoms with van der Waals surface area (Å²) in [6, 6.07) is 3.97. The highest BCUT2D eigenvalue weighted by Crippen LogP contribution is 2.38. The number of unbranched alkanes of at least 4 members (excludes halogenated alkanes) is 1. The number of esters is 1. The minimum atomic E-state index is -1.10. The minimum Gasteiger partial charge on any atom is -0.497 e. The third kappa shape index (κ3) is 8.26. The summed E-state index contributed by atoms with van der Waals surface area (Å²) < 4.78 is 21.9. The first-order valence-corrected chi connectivity index (χ1v) is 14.4. The fourth-order valence-electron chi connectivity index (χ4n) is 5.12. The number of benzene rings is 1. The number of ether oxygens (including phenoxy) is 4. The number of rotatable bonds is 10. The SMILES string of the molecule is COC(=O)[C@@H]1C[C@@H](Oc2nc3cc(OC)ccc3nc2C#CCCC[C@@H]2C[C@H]2OC(=O)N[C@H](C(=O)O)C(C)(C)C)CN1C. The van der Waals surface area contributed by atoms with Crippen LogP contribution < -0.4 is 14.8 Å². The Morgan fingerprint density at radius 3 is 2.60 bits per heavy atom. The van der Waals surface area contributed by atoms with E-state index >= 15 is 0 Å². The Morgan fingerprint density at radius 2 is 1.93 bits per heavy atom. The molecule has 0 radical (unpaired) electrons. The number of methoxy groups -OCH3 is 2.